The Morgan fingerprint density at radius 2 is 1.89 bits per heavy atom. The van der Waals surface area contributed by atoms with Gasteiger partial charge in [-0.3, -0.25) is 9.59 Å². The summed E-state index contributed by atoms with van der Waals surface area (Å²) in [5.41, 5.74) is 0.840. The van der Waals surface area contributed by atoms with Crippen LogP contribution in [0.1, 0.15) is 29.0 Å². The molecule has 1 fully saturated rings. The summed E-state index contributed by atoms with van der Waals surface area (Å²) in [6.45, 7) is 1.17. The number of piperidine rings is 1. The number of nitrogens with zero attached hydrogens (tertiary/aromatic N) is 1. The van der Waals surface area contributed by atoms with Crippen LogP contribution in [0.25, 0.3) is 6.08 Å². The Morgan fingerprint density at radius 3 is 2.54 bits per heavy atom. The lowest BCUT2D eigenvalue weighted by atomic mass is 10.0. The molecule has 1 aromatic heterocycles. The minimum absolute atomic E-state index is 0.0446. The number of rotatable bonds is 6. The van der Waals surface area contributed by atoms with E-state index in [1.54, 1.807) is 49.5 Å². The summed E-state index contributed by atoms with van der Waals surface area (Å²) in [5.74, 6) is 1.33. The van der Waals surface area contributed by atoms with Gasteiger partial charge in [0.1, 0.15) is 0 Å². The van der Waals surface area contributed by atoms with Gasteiger partial charge in [0.25, 0.3) is 5.91 Å². The first-order chi connectivity index (χ1) is 13.6. The van der Waals surface area contributed by atoms with Crippen LogP contribution in [0, 0.1) is 0 Å². The molecule has 0 saturated carbocycles. The molecule has 0 spiro atoms. The first-order valence-corrected chi connectivity index (χ1v) is 9.14. The normalized spacial score (nSPS) is 14.9. The van der Waals surface area contributed by atoms with Crippen molar-refractivity contribution >= 4 is 17.9 Å². The highest BCUT2D eigenvalue weighted by atomic mass is 16.5. The maximum atomic E-state index is 12.3. The van der Waals surface area contributed by atoms with Crippen molar-refractivity contribution in [2.75, 3.05) is 27.3 Å². The third kappa shape index (κ3) is 4.73. The van der Waals surface area contributed by atoms with Gasteiger partial charge in [0.15, 0.2) is 17.3 Å². The van der Waals surface area contributed by atoms with E-state index in [0.717, 1.165) is 5.56 Å². The van der Waals surface area contributed by atoms with Gasteiger partial charge in [-0.2, -0.15) is 0 Å². The van der Waals surface area contributed by atoms with Crippen molar-refractivity contribution in [1.29, 1.82) is 0 Å². The molecule has 0 bridgehead atoms. The van der Waals surface area contributed by atoms with Crippen LogP contribution in [0.15, 0.2) is 47.1 Å². The molecule has 148 valence electrons. The monoisotopic (exact) mass is 384 g/mol. The van der Waals surface area contributed by atoms with E-state index in [1.807, 2.05) is 6.07 Å². The second-order valence-corrected chi connectivity index (χ2v) is 6.50. The first kappa shape index (κ1) is 19.5. The third-order valence-corrected chi connectivity index (χ3v) is 4.70. The van der Waals surface area contributed by atoms with Gasteiger partial charge in [-0.15, -0.1) is 0 Å². The molecular weight excluding hydrogens is 360 g/mol. The topological polar surface area (TPSA) is 81.0 Å². The number of hydrogen-bond acceptors (Lipinski definition) is 5. The van der Waals surface area contributed by atoms with E-state index in [0.29, 0.717) is 43.2 Å². The summed E-state index contributed by atoms with van der Waals surface area (Å²) in [5, 5.41) is 2.99. The molecule has 1 aliphatic heterocycles. The van der Waals surface area contributed by atoms with E-state index in [9.17, 15) is 9.59 Å². The average Bonchev–Trinajstić information content (AvgIpc) is 3.27. The Hall–Kier alpha value is -3.22. The molecule has 7 heteroatoms. The Kier molecular flexibility index (Phi) is 6.37. The fraction of sp³-hybridized carbons (Fsp3) is 0.333. The SMILES string of the molecule is COc1ccc(/C=C/C(=O)NC2CCN(C(=O)c3ccco3)CC2)cc1OC. The van der Waals surface area contributed by atoms with E-state index < -0.39 is 0 Å². The highest BCUT2D eigenvalue weighted by Crippen LogP contribution is 2.27. The number of carbonyl (C=O) groups excluding carboxylic acids is 2. The summed E-state index contributed by atoms with van der Waals surface area (Å²) < 4.78 is 15.6. The third-order valence-electron chi connectivity index (χ3n) is 4.70. The second kappa shape index (κ2) is 9.12. The van der Waals surface area contributed by atoms with Crippen molar-refractivity contribution in [2.24, 2.45) is 0 Å². The van der Waals surface area contributed by atoms with Gasteiger partial charge in [0.05, 0.1) is 20.5 Å². The van der Waals surface area contributed by atoms with E-state index >= 15 is 0 Å². The predicted molar refractivity (Wildman–Crippen MR) is 104 cm³/mol. The molecule has 7 nitrogen and oxygen atoms in total. The Morgan fingerprint density at radius 1 is 1.14 bits per heavy atom. The maximum Gasteiger partial charge on any atom is 0.289 e. The number of nitrogens with one attached hydrogen (secondary N) is 1. The lowest BCUT2D eigenvalue weighted by molar-refractivity contribution is -0.117. The van der Waals surface area contributed by atoms with Crippen LogP contribution in [-0.2, 0) is 4.79 Å². The van der Waals surface area contributed by atoms with E-state index in [1.165, 1.54) is 12.3 Å². The smallest absolute Gasteiger partial charge is 0.289 e. The minimum Gasteiger partial charge on any atom is -0.493 e. The molecule has 2 heterocycles. The maximum absolute atomic E-state index is 12.3. The van der Waals surface area contributed by atoms with Gasteiger partial charge < -0.3 is 24.1 Å². The molecule has 1 aromatic carbocycles. The Balaban J connectivity index is 1.49. The van der Waals surface area contributed by atoms with Gasteiger partial charge in [-0.05, 0) is 48.7 Å². The number of methoxy groups -OCH3 is 2. The Labute approximate surface area is 163 Å². The lowest BCUT2D eigenvalue weighted by Crippen LogP contribution is -2.46. The van der Waals surface area contributed by atoms with Gasteiger partial charge in [-0.1, -0.05) is 6.07 Å². The number of ether oxygens (including phenoxy) is 2. The van der Waals surface area contributed by atoms with Crippen LogP contribution in [0.3, 0.4) is 0 Å². The molecule has 2 aromatic rings. The second-order valence-electron chi connectivity index (χ2n) is 6.50. The lowest BCUT2D eigenvalue weighted by Gasteiger charge is -2.31. The van der Waals surface area contributed by atoms with Crippen LogP contribution in [-0.4, -0.2) is 50.1 Å². The van der Waals surface area contributed by atoms with Crippen molar-refractivity contribution in [1.82, 2.24) is 10.2 Å². The number of amides is 2. The average molecular weight is 384 g/mol. The van der Waals surface area contributed by atoms with Crippen LogP contribution in [0.5, 0.6) is 11.5 Å². The summed E-state index contributed by atoms with van der Waals surface area (Å²) >= 11 is 0. The number of furan rings is 1. The fourth-order valence-electron chi connectivity index (χ4n) is 3.16. The van der Waals surface area contributed by atoms with Crippen molar-refractivity contribution in [2.45, 2.75) is 18.9 Å². The molecular formula is C21H24N2O5. The minimum atomic E-state index is -0.161. The molecule has 1 N–H and O–H groups in total. The van der Waals surface area contributed by atoms with Crippen molar-refractivity contribution in [3.05, 3.63) is 54.0 Å². The van der Waals surface area contributed by atoms with Gasteiger partial charge in [-0.25, -0.2) is 0 Å². The van der Waals surface area contributed by atoms with Crippen LogP contribution < -0.4 is 14.8 Å². The van der Waals surface area contributed by atoms with Gasteiger partial charge in [0, 0.05) is 25.2 Å². The number of likely N-dealkylation sites (tertiary alicyclic amines) is 1. The standard InChI is InChI=1S/C21H24N2O5/c1-26-17-7-5-15(14-19(17)27-2)6-8-20(24)22-16-9-11-23(12-10-16)21(25)18-4-3-13-28-18/h3-8,13-14,16H,9-12H2,1-2H3,(H,22,24)/b8-6+. The Bertz CT molecular complexity index is 836. The number of hydrogen-bond donors (Lipinski definition) is 1. The highest BCUT2D eigenvalue weighted by Gasteiger charge is 2.25. The quantitative estimate of drug-likeness (QED) is 0.775. The molecule has 0 radical (unpaired) electrons. The zero-order chi connectivity index (χ0) is 19.9. The molecule has 28 heavy (non-hydrogen) atoms. The first-order valence-electron chi connectivity index (χ1n) is 9.14. The zero-order valence-electron chi connectivity index (χ0n) is 16.0. The van der Waals surface area contributed by atoms with Gasteiger partial charge in [0.2, 0.25) is 5.91 Å². The fourth-order valence-corrected chi connectivity index (χ4v) is 3.16. The van der Waals surface area contributed by atoms with Crippen LogP contribution in [0.4, 0.5) is 0 Å². The molecule has 1 saturated heterocycles. The van der Waals surface area contributed by atoms with Crippen LogP contribution >= 0.6 is 0 Å². The highest BCUT2D eigenvalue weighted by molar-refractivity contribution is 5.92. The van der Waals surface area contributed by atoms with Gasteiger partial charge >= 0.3 is 0 Å². The zero-order valence-corrected chi connectivity index (χ0v) is 16.0. The van der Waals surface area contributed by atoms with E-state index in [4.69, 9.17) is 13.9 Å². The van der Waals surface area contributed by atoms with Crippen LogP contribution in [0.2, 0.25) is 0 Å². The number of benzene rings is 1. The van der Waals surface area contributed by atoms with Crippen molar-refractivity contribution < 1.29 is 23.5 Å². The molecule has 0 aliphatic carbocycles. The molecule has 1 aliphatic rings. The summed E-state index contributed by atoms with van der Waals surface area (Å²) in [7, 11) is 3.15. The molecule has 0 unspecified atom stereocenters. The number of carbonyl (C=O) groups is 2. The summed E-state index contributed by atoms with van der Waals surface area (Å²) in [4.78, 5) is 26.2. The summed E-state index contributed by atoms with van der Waals surface area (Å²) in [6.07, 6.45) is 6.14. The summed E-state index contributed by atoms with van der Waals surface area (Å²) in [6, 6.07) is 8.86. The molecule has 2 amide bonds. The van der Waals surface area contributed by atoms with E-state index in [2.05, 4.69) is 5.32 Å². The largest absolute Gasteiger partial charge is 0.493 e. The van der Waals surface area contributed by atoms with E-state index in [-0.39, 0.29) is 17.9 Å². The molecule has 3 rings (SSSR count). The predicted octanol–water partition coefficient (Wildman–Crippen LogP) is 2.73. The van der Waals surface area contributed by atoms with Crippen molar-refractivity contribution in [3.8, 4) is 11.5 Å². The van der Waals surface area contributed by atoms with Crippen molar-refractivity contribution in [3.63, 3.8) is 0 Å². The molecule has 0 atom stereocenters.